The molecule has 2 aliphatic rings. The van der Waals surface area contributed by atoms with Crippen LogP contribution in [-0.2, 0) is 10.3 Å². The van der Waals surface area contributed by atoms with E-state index in [0.29, 0.717) is 24.6 Å². The van der Waals surface area contributed by atoms with Gasteiger partial charge in [0.05, 0.1) is 6.20 Å². The fraction of sp³-hybridized carbons (Fsp3) is 0.333. The van der Waals surface area contributed by atoms with Crippen LogP contribution in [0.1, 0.15) is 32.0 Å². The van der Waals surface area contributed by atoms with E-state index in [1.165, 1.54) is 0 Å². The molecule has 0 aliphatic carbocycles. The lowest BCUT2D eigenvalue weighted by Gasteiger charge is -2.40. The minimum absolute atomic E-state index is 0.0580. The Hall–Kier alpha value is -3.10. The maximum atomic E-state index is 12.7. The summed E-state index contributed by atoms with van der Waals surface area (Å²) >= 11 is 0. The maximum Gasteiger partial charge on any atom is 0.237 e. The van der Waals surface area contributed by atoms with Gasteiger partial charge in [-0.3, -0.25) is 18.8 Å². The molecule has 0 spiro atoms. The fourth-order valence-corrected chi connectivity index (χ4v) is 3.72. The molecule has 9 heteroatoms. The van der Waals surface area contributed by atoms with Crippen LogP contribution in [0.5, 0.6) is 0 Å². The average Bonchev–Trinajstić information content (AvgIpc) is 3.34. The van der Waals surface area contributed by atoms with Crippen molar-refractivity contribution in [2.24, 2.45) is 0 Å². The van der Waals surface area contributed by atoms with Gasteiger partial charge in [0.1, 0.15) is 23.9 Å². The number of hydrogen-bond donors (Lipinski definition) is 0. The number of carbonyl (C=O) groups is 1. The van der Waals surface area contributed by atoms with Gasteiger partial charge in [-0.25, -0.2) is 9.97 Å². The van der Waals surface area contributed by atoms with Crippen molar-refractivity contribution in [1.82, 2.24) is 34.3 Å². The summed E-state index contributed by atoms with van der Waals surface area (Å²) in [5, 5.41) is 8.35. The molecule has 0 saturated carbocycles. The molecule has 5 rings (SSSR count). The second kappa shape index (κ2) is 4.47. The molecule has 0 radical (unpaired) electrons. The predicted molar refractivity (Wildman–Crippen MR) is 82.8 cm³/mol. The molecule has 9 nitrogen and oxygen atoms in total. The zero-order chi connectivity index (χ0) is 16.3. The minimum atomic E-state index is -0.485. The Morgan fingerprint density at radius 2 is 2.25 bits per heavy atom. The van der Waals surface area contributed by atoms with Crippen LogP contribution < -0.4 is 4.90 Å². The Labute approximate surface area is 137 Å². The Morgan fingerprint density at radius 1 is 1.33 bits per heavy atom. The Morgan fingerprint density at radius 3 is 3.04 bits per heavy atom. The molecule has 2 aliphatic heterocycles. The van der Waals surface area contributed by atoms with Crippen molar-refractivity contribution in [2.75, 3.05) is 4.90 Å². The molecule has 0 N–H and O–H groups in total. The van der Waals surface area contributed by atoms with Gasteiger partial charge in [0.25, 0.3) is 0 Å². The first-order chi connectivity index (χ1) is 11.7. The Balaban J connectivity index is 1.80. The number of imidazole rings is 1. The number of aromatic nitrogens is 7. The third-order valence-corrected chi connectivity index (χ3v) is 4.92. The van der Waals surface area contributed by atoms with Crippen molar-refractivity contribution < 1.29 is 4.79 Å². The highest BCUT2D eigenvalue weighted by Gasteiger charge is 2.53. The molecule has 1 atom stereocenters. The molecule has 24 heavy (non-hydrogen) atoms. The van der Waals surface area contributed by atoms with Crippen molar-refractivity contribution in [1.29, 1.82) is 0 Å². The van der Waals surface area contributed by atoms with Gasteiger partial charge in [-0.1, -0.05) is 6.92 Å². The second-order valence-electron chi connectivity index (χ2n) is 5.99. The summed E-state index contributed by atoms with van der Waals surface area (Å²) < 4.78 is 3.61. The molecule has 3 aromatic heterocycles. The smallest absolute Gasteiger partial charge is 0.237 e. The van der Waals surface area contributed by atoms with Gasteiger partial charge in [0.15, 0.2) is 11.6 Å². The molecule has 3 aromatic rings. The highest BCUT2D eigenvalue weighted by Crippen LogP contribution is 2.49. The molecule has 120 valence electrons. The van der Waals surface area contributed by atoms with E-state index in [2.05, 4.69) is 32.1 Å². The molecule has 0 bridgehead atoms. The molecule has 1 fully saturated rings. The van der Waals surface area contributed by atoms with Crippen molar-refractivity contribution in [2.45, 2.75) is 31.7 Å². The molecular formula is C15H14N8O. The van der Waals surface area contributed by atoms with Gasteiger partial charge in [-0.2, -0.15) is 4.98 Å². The summed E-state index contributed by atoms with van der Waals surface area (Å²) in [5.41, 5.74) is 0.236. The molecule has 5 heterocycles. The number of amides is 1. The molecule has 1 amide bonds. The van der Waals surface area contributed by atoms with Crippen LogP contribution in [0.25, 0.3) is 11.6 Å². The maximum absolute atomic E-state index is 12.7. The zero-order valence-corrected chi connectivity index (χ0v) is 13.0. The number of fused-ring (bicyclic) bond motifs is 6. The van der Waals surface area contributed by atoms with E-state index in [1.54, 1.807) is 40.7 Å². The first-order valence-corrected chi connectivity index (χ1v) is 7.84. The fourth-order valence-electron chi connectivity index (χ4n) is 3.72. The van der Waals surface area contributed by atoms with Gasteiger partial charge in [-0.05, 0) is 12.8 Å². The lowest BCUT2D eigenvalue weighted by Crippen LogP contribution is -2.48. The number of anilines is 1. The van der Waals surface area contributed by atoms with E-state index < -0.39 is 5.54 Å². The van der Waals surface area contributed by atoms with E-state index in [0.717, 1.165) is 17.9 Å². The average molecular weight is 322 g/mol. The topological polar surface area (TPSA) is 94.6 Å². The third-order valence-electron chi connectivity index (χ3n) is 4.92. The highest BCUT2D eigenvalue weighted by atomic mass is 16.2. The van der Waals surface area contributed by atoms with Gasteiger partial charge in [0, 0.05) is 18.8 Å². The molecule has 0 aromatic carbocycles. The van der Waals surface area contributed by atoms with Gasteiger partial charge < -0.3 is 0 Å². The first kappa shape index (κ1) is 13.3. The second-order valence-corrected chi connectivity index (χ2v) is 5.99. The van der Waals surface area contributed by atoms with E-state index in [-0.39, 0.29) is 5.91 Å². The van der Waals surface area contributed by atoms with Crippen LogP contribution in [0, 0.1) is 0 Å². The van der Waals surface area contributed by atoms with Gasteiger partial charge in [-0.15, -0.1) is 10.2 Å². The monoisotopic (exact) mass is 322 g/mol. The van der Waals surface area contributed by atoms with Crippen LogP contribution in [-0.4, -0.2) is 40.2 Å². The summed E-state index contributed by atoms with van der Waals surface area (Å²) in [6.07, 6.45) is 10.4. The summed E-state index contributed by atoms with van der Waals surface area (Å²) in [5.74, 6) is 1.92. The number of carbonyl (C=O) groups excluding carboxylic acids is 1. The number of nitrogens with zero attached hydrogens (tertiary/aromatic N) is 8. The van der Waals surface area contributed by atoms with Crippen molar-refractivity contribution in [3.8, 4) is 11.6 Å². The SMILES string of the molecule is CCC12CCC(=O)N1c1nc(-n3ccnc3)ncc1-n1cnnc12. The van der Waals surface area contributed by atoms with Crippen LogP contribution in [0.3, 0.4) is 0 Å². The van der Waals surface area contributed by atoms with E-state index in [1.807, 2.05) is 4.57 Å². The van der Waals surface area contributed by atoms with Crippen molar-refractivity contribution in [3.63, 3.8) is 0 Å². The molecule has 1 saturated heterocycles. The third kappa shape index (κ3) is 1.48. The van der Waals surface area contributed by atoms with Crippen molar-refractivity contribution >= 4 is 11.7 Å². The van der Waals surface area contributed by atoms with Crippen LogP contribution in [0.4, 0.5) is 5.82 Å². The number of hydrogen-bond acceptors (Lipinski definition) is 6. The van der Waals surface area contributed by atoms with E-state index >= 15 is 0 Å². The lowest BCUT2D eigenvalue weighted by molar-refractivity contribution is -0.117. The summed E-state index contributed by atoms with van der Waals surface area (Å²) in [6.45, 7) is 2.06. The van der Waals surface area contributed by atoms with Gasteiger partial charge >= 0.3 is 0 Å². The Bertz CT molecular complexity index is 946. The minimum Gasteiger partial charge on any atom is -0.281 e. The van der Waals surface area contributed by atoms with Gasteiger partial charge in [0.2, 0.25) is 11.9 Å². The normalized spacial score (nSPS) is 21.5. The number of rotatable bonds is 2. The lowest BCUT2D eigenvalue weighted by atomic mass is 9.90. The molecule has 1 unspecified atom stereocenters. The Kier molecular flexibility index (Phi) is 2.48. The quantitative estimate of drug-likeness (QED) is 0.698. The zero-order valence-electron chi connectivity index (χ0n) is 13.0. The summed E-state index contributed by atoms with van der Waals surface area (Å²) in [4.78, 5) is 27.5. The highest BCUT2D eigenvalue weighted by molar-refractivity contribution is 5.99. The summed E-state index contributed by atoms with van der Waals surface area (Å²) in [7, 11) is 0. The van der Waals surface area contributed by atoms with E-state index in [4.69, 9.17) is 0 Å². The van der Waals surface area contributed by atoms with E-state index in [9.17, 15) is 4.79 Å². The van der Waals surface area contributed by atoms with Crippen LogP contribution in [0.15, 0.2) is 31.2 Å². The largest absolute Gasteiger partial charge is 0.281 e. The van der Waals surface area contributed by atoms with Crippen molar-refractivity contribution in [3.05, 3.63) is 37.1 Å². The molecular weight excluding hydrogens is 308 g/mol. The summed E-state index contributed by atoms with van der Waals surface area (Å²) in [6, 6.07) is 0. The standard InChI is InChI=1S/C15H14N8O/c1-2-15-4-3-11(24)23(15)12-10(22-9-18-20-13(15)22)7-17-14(19-12)21-6-5-16-8-21/h5-9H,2-4H2,1H3. The van der Waals surface area contributed by atoms with Crippen LogP contribution >= 0.6 is 0 Å². The predicted octanol–water partition coefficient (Wildman–Crippen LogP) is 0.989. The van der Waals surface area contributed by atoms with Crippen LogP contribution in [0.2, 0.25) is 0 Å². The first-order valence-electron chi connectivity index (χ1n) is 7.84.